The molecule has 1 saturated heterocycles. The molecular formula is C19H20N2O3. The zero-order valence-corrected chi connectivity index (χ0v) is 13.5. The Balaban J connectivity index is 1.68. The van der Waals surface area contributed by atoms with Crippen LogP contribution in [0.25, 0.3) is 0 Å². The highest BCUT2D eigenvalue weighted by Gasteiger charge is 2.37. The van der Waals surface area contributed by atoms with Gasteiger partial charge >= 0.3 is 5.97 Å². The van der Waals surface area contributed by atoms with Gasteiger partial charge in [0.2, 0.25) is 5.91 Å². The fraction of sp³-hybridized carbons (Fsp3) is 0.263. The highest BCUT2D eigenvalue weighted by Crippen LogP contribution is 2.26. The van der Waals surface area contributed by atoms with Crippen LogP contribution in [0.2, 0.25) is 0 Å². The van der Waals surface area contributed by atoms with Gasteiger partial charge in [0, 0.05) is 18.3 Å². The van der Waals surface area contributed by atoms with Crippen LogP contribution >= 0.6 is 0 Å². The number of carbonyl (C=O) groups excluding carboxylic acids is 1. The van der Waals surface area contributed by atoms with Crippen molar-refractivity contribution in [1.29, 1.82) is 0 Å². The van der Waals surface area contributed by atoms with E-state index in [0.29, 0.717) is 6.54 Å². The summed E-state index contributed by atoms with van der Waals surface area (Å²) in [6.07, 6.45) is 0.729. The molecule has 0 spiro atoms. The molecule has 1 aliphatic heterocycles. The van der Waals surface area contributed by atoms with E-state index >= 15 is 0 Å². The van der Waals surface area contributed by atoms with Crippen molar-refractivity contribution in [3.05, 3.63) is 65.7 Å². The Labute approximate surface area is 140 Å². The predicted octanol–water partition coefficient (Wildman–Crippen LogP) is 2.67. The second kappa shape index (κ2) is 6.84. The number of hydrogen-bond acceptors (Lipinski definition) is 3. The summed E-state index contributed by atoms with van der Waals surface area (Å²) in [5.74, 6) is -0.888. The molecule has 24 heavy (non-hydrogen) atoms. The lowest BCUT2D eigenvalue weighted by Gasteiger charge is -2.21. The van der Waals surface area contributed by atoms with Crippen LogP contribution in [0, 0.1) is 0 Å². The summed E-state index contributed by atoms with van der Waals surface area (Å²) < 4.78 is 0. The summed E-state index contributed by atoms with van der Waals surface area (Å²) in [6, 6.07) is 16.3. The number of hydrogen-bond donors (Lipinski definition) is 2. The van der Waals surface area contributed by atoms with Gasteiger partial charge in [0.1, 0.15) is 0 Å². The molecule has 3 rings (SSSR count). The third-order valence-electron chi connectivity index (χ3n) is 4.31. The minimum absolute atomic E-state index is 0.0584. The van der Waals surface area contributed by atoms with Gasteiger partial charge in [-0.25, -0.2) is 4.79 Å². The van der Waals surface area contributed by atoms with Crippen molar-refractivity contribution in [2.24, 2.45) is 0 Å². The van der Waals surface area contributed by atoms with E-state index in [1.54, 1.807) is 18.2 Å². The van der Waals surface area contributed by atoms with Crippen molar-refractivity contribution in [3.63, 3.8) is 0 Å². The van der Waals surface area contributed by atoms with E-state index in [-0.39, 0.29) is 23.6 Å². The Morgan fingerprint density at radius 3 is 2.67 bits per heavy atom. The van der Waals surface area contributed by atoms with E-state index in [9.17, 15) is 9.59 Å². The average molecular weight is 324 g/mol. The minimum atomic E-state index is -0.947. The van der Waals surface area contributed by atoms with E-state index in [2.05, 4.69) is 5.32 Å². The van der Waals surface area contributed by atoms with Crippen LogP contribution in [0.1, 0.15) is 29.3 Å². The third-order valence-corrected chi connectivity index (χ3v) is 4.31. The van der Waals surface area contributed by atoms with Gasteiger partial charge in [0.25, 0.3) is 0 Å². The lowest BCUT2D eigenvalue weighted by atomic mass is 10.1. The first-order chi connectivity index (χ1) is 11.6. The van der Waals surface area contributed by atoms with E-state index in [0.717, 1.165) is 17.7 Å². The number of aromatic carboxylic acids is 1. The Kier molecular flexibility index (Phi) is 4.62. The van der Waals surface area contributed by atoms with Gasteiger partial charge < -0.3 is 15.3 Å². The monoisotopic (exact) mass is 324 g/mol. The van der Waals surface area contributed by atoms with Gasteiger partial charge in [-0.05, 0) is 43.2 Å². The van der Waals surface area contributed by atoms with Crippen molar-refractivity contribution >= 4 is 17.6 Å². The van der Waals surface area contributed by atoms with Crippen molar-refractivity contribution in [2.75, 3.05) is 4.90 Å². The normalized spacial score (nSPS) is 20.4. The average Bonchev–Trinajstić information content (AvgIpc) is 2.88. The Morgan fingerprint density at radius 1 is 1.21 bits per heavy atom. The van der Waals surface area contributed by atoms with Gasteiger partial charge in [-0.1, -0.05) is 30.3 Å². The molecule has 0 aromatic heterocycles. The van der Waals surface area contributed by atoms with Crippen LogP contribution < -0.4 is 10.2 Å². The van der Waals surface area contributed by atoms with Gasteiger partial charge in [-0.15, -0.1) is 0 Å². The highest BCUT2D eigenvalue weighted by molar-refractivity contribution is 6.00. The number of carboxylic acids is 1. The maximum absolute atomic E-state index is 12.7. The van der Waals surface area contributed by atoms with E-state index in [1.807, 2.05) is 48.2 Å². The SMILES string of the molecule is CC1CC(NCc2cccc(C(=O)O)c2)C(=O)N1c1ccccc1. The molecule has 0 aliphatic carbocycles. The minimum Gasteiger partial charge on any atom is -0.478 e. The fourth-order valence-electron chi connectivity index (χ4n) is 3.13. The molecule has 1 fully saturated rings. The van der Waals surface area contributed by atoms with Crippen molar-refractivity contribution in [1.82, 2.24) is 5.32 Å². The molecule has 0 saturated carbocycles. The molecule has 2 atom stereocenters. The summed E-state index contributed by atoms with van der Waals surface area (Å²) >= 11 is 0. The number of carboxylic acid groups (broad SMARTS) is 1. The smallest absolute Gasteiger partial charge is 0.335 e. The maximum Gasteiger partial charge on any atom is 0.335 e. The molecule has 124 valence electrons. The first-order valence-electron chi connectivity index (χ1n) is 8.00. The van der Waals surface area contributed by atoms with Crippen molar-refractivity contribution in [2.45, 2.75) is 32.0 Å². The molecule has 0 bridgehead atoms. The maximum atomic E-state index is 12.7. The van der Waals surface area contributed by atoms with E-state index < -0.39 is 5.97 Å². The molecule has 0 radical (unpaired) electrons. The summed E-state index contributed by atoms with van der Waals surface area (Å²) in [5.41, 5.74) is 2.02. The van der Waals surface area contributed by atoms with Crippen LogP contribution in [0.4, 0.5) is 5.69 Å². The quantitative estimate of drug-likeness (QED) is 0.887. The second-order valence-electron chi connectivity index (χ2n) is 6.07. The molecular weight excluding hydrogens is 304 g/mol. The fourth-order valence-corrected chi connectivity index (χ4v) is 3.13. The van der Waals surface area contributed by atoms with Gasteiger partial charge in [0.15, 0.2) is 0 Å². The van der Waals surface area contributed by atoms with Gasteiger partial charge in [-0.2, -0.15) is 0 Å². The molecule has 2 unspecified atom stereocenters. The number of nitrogens with zero attached hydrogens (tertiary/aromatic N) is 1. The van der Waals surface area contributed by atoms with Crippen LogP contribution in [0.3, 0.4) is 0 Å². The highest BCUT2D eigenvalue weighted by atomic mass is 16.4. The molecule has 5 heteroatoms. The number of benzene rings is 2. The first kappa shape index (κ1) is 16.2. The van der Waals surface area contributed by atoms with Crippen LogP contribution in [-0.2, 0) is 11.3 Å². The number of para-hydroxylation sites is 1. The number of carbonyl (C=O) groups is 2. The predicted molar refractivity (Wildman–Crippen MR) is 92.0 cm³/mol. The van der Waals surface area contributed by atoms with Crippen LogP contribution in [-0.4, -0.2) is 29.1 Å². The standard InChI is InChI=1S/C19H20N2O3/c1-13-10-17(18(22)21(13)16-8-3-2-4-9-16)20-12-14-6-5-7-15(11-14)19(23)24/h2-9,11,13,17,20H,10,12H2,1H3,(H,23,24). The Morgan fingerprint density at radius 2 is 1.96 bits per heavy atom. The van der Waals surface area contributed by atoms with E-state index in [1.165, 1.54) is 0 Å². The Hall–Kier alpha value is -2.66. The number of rotatable bonds is 5. The zero-order chi connectivity index (χ0) is 17.1. The van der Waals surface area contributed by atoms with Gasteiger partial charge in [0.05, 0.1) is 11.6 Å². The van der Waals surface area contributed by atoms with Crippen molar-refractivity contribution < 1.29 is 14.7 Å². The number of amides is 1. The summed E-state index contributed by atoms with van der Waals surface area (Å²) in [6.45, 7) is 2.50. The molecule has 1 aliphatic rings. The largest absolute Gasteiger partial charge is 0.478 e. The van der Waals surface area contributed by atoms with E-state index in [4.69, 9.17) is 5.11 Å². The summed E-state index contributed by atoms with van der Waals surface area (Å²) in [7, 11) is 0. The second-order valence-corrected chi connectivity index (χ2v) is 6.07. The molecule has 2 aromatic rings. The first-order valence-corrected chi connectivity index (χ1v) is 8.00. The molecule has 1 amide bonds. The topological polar surface area (TPSA) is 69.6 Å². The van der Waals surface area contributed by atoms with Crippen LogP contribution in [0.5, 0.6) is 0 Å². The lowest BCUT2D eigenvalue weighted by Crippen LogP contribution is -2.38. The lowest BCUT2D eigenvalue weighted by molar-refractivity contribution is -0.118. The molecule has 2 N–H and O–H groups in total. The number of nitrogens with one attached hydrogen (secondary N) is 1. The summed E-state index contributed by atoms with van der Waals surface area (Å²) in [5, 5.41) is 12.3. The van der Waals surface area contributed by atoms with Crippen molar-refractivity contribution in [3.8, 4) is 0 Å². The Bertz CT molecular complexity index is 745. The van der Waals surface area contributed by atoms with Gasteiger partial charge in [-0.3, -0.25) is 4.79 Å². The summed E-state index contributed by atoms with van der Waals surface area (Å²) in [4.78, 5) is 25.5. The van der Waals surface area contributed by atoms with Crippen LogP contribution in [0.15, 0.2) is 54.6 Å². The zero-order valence-electron chi connectivity index (χ0n) is 13.5. The molecule has 2 aromatic carbocycles. The third kappa shape index (κ3) is 3.31. The molecule has 1 heterocycles. The molecule has 5 nitrogen and oxygen atoms in total. The number of anilines is 1.